The van der Waals surface area contributed by atoms with Crippen LogP contribution in [0.25, 0.3) is 32.0 Å². The molecule has 0 saturated carbocycles. The smallest absolute Gasteiger partial charge is 0.208 e. The van der Waals surface area contributed by atoms with E-state index in [1.54, 1.807) is 29.4 Å². The van der Waals surface area contributed by atoms with Gasteiger partial charge in [0.05, 0.1) is 23.6 Å². The lowest BCUT2D eigenvalue weighted by Gasteiger charge is -1.65. The molecule has 6 rings (SSSR count). The van der Waals surface area contributed by atoms with Crippen LogP contribution in [0.15, 0.2) is 63.1 Å². The van der Waals surface area contributed by atoms with E-state index in [-0.39, 0.29) is 0 Å². The van der Waals surface area contributed by atoms with Gasteiger partial charge in [-0.15, -0.1) is 11.3 Å². The van der Waals surface area contributed by atoms with Gasteiger partial charge >= 0.3 is 0 Å². The van der Waals surface area contributed by atoms with E-state index in [9.17, 15) is 0 Å². The Hall–Kier alpha value is -2.91. The summed E-state index contributed by atoms with van der Waals surface area (Å²) in [5, 5.41) is 1.96. The summed E-state index contributed by atoms with van der Waals surface area (Å²) in [6.07, 6.45) is 6.63. The molecule has 0 fully saturated rings. The van der Waals surface area contributed by atoms with Gasteiger partial charge in [-0.2, -0.15) is 0 Å². The Morgan fingerprint density at radius 3 is 1.83 bits per heavy atom. The third-order valence-electron chi connectivity index (χ3n) is 3.06. The van der Waals surface area contributed by atoms with E-state index < -0.39 is 0 Å². The van der Waals surface area contributed by atoms with Gasteiger partial charge in [0.15, 0.2) is 12.0 Å². The second-order valence-corrected chi connectivity index (χ2v) is 6.23. The number of oxazole rings is 1. The largest absolute Gasteiger partial charge is 0.452 e. The van der Waals surface area contributed by atoms with Crippen LogP contribution in [-0.4, -0.2) is 24.9 Å². The SMILES string of the molecule is CC.CC.CC.CC.CC.CC.c1cc2ncsc2o1.c1nc2[nH]ccc2[nH]1.c1nc2ccsc2o1. The lowest BCUT2D eigenvalue weighted by atomic mass is 10.6. The van der Waals surface area contributed by atoms with Crippen molar-refractivity contribution in [3.63, 3.8) is 0 Å². The van der Waals surface area contributed by atoms with E-state index in [1.807, 2.05) is 113 Å². The van der Waals surface area contributed by atoms with Crippen molar-refractivity contribution in [3.8, 4) is 0 Å². The minimum absolute atomic E-state index is 0.907. The van der Waals surface area contributed by atoms with E-state index in [0.717, 1.165) is 32.0 Å². The van der Waals surface area contributed by atoms with Crippen LogP contribution in [0.4, 0.5) is 0 Å². The van der Waals surface area contributed by atoms with E-state index in [1.165, 1.54) is 17.7 Å². The number of H-pyrrole nitrogens is 2. The fourth-order valence-corrected chi connectivity index (χ4v) is 3.23. The number of thiazole rings is 1. The number of aromatic amines is 2. The number of hydrogen-bond donors (Lipinski definition) is 2. The zero-order valence-electron chi connectivity index (χ0n) is 24.2. The molecule has 36 heavy (non-hydrogen) atoms. The van der Waals surface area contributed by atoms with Crippen molar-refractivity contribution in [2.24, 2.45) is 0 Å². The van der Waals surface area contributed by atoms with Crippen molar-refractivity contribution < 1.29 is 8.83 Å². The molecule has 0 unspecified atom stereocenters. The summed E-state index contributed by atoms with van der Waals surface area (Å²) in [4.78, 5) is 19.6. The van der Waals surface area contributed by atoms with E-state index in [0.29, 0.717) is 0 Å². The van der Waals surface area contributed by atoms with Gasteiger partial charge in [-0.05, 0) is 17.5 Å². The number of imidazole rings is 1. The molecule has 0 atom stereocenters. The predicted molar refractivity (Wildman–Crippen MR) is 162 cm³/mol. The Bertz CT molecular complexity index is 851. The Morgan fingerprint density at radius 1 is 0.639 bits per heavy atom. The summed E-state index contributed by atoms with van der Waals surface area (Å²) in [6, 6.07) is 5.73. The molecule has 0 radical (unpaired) electrons. The van der Waals surface area contributed by atoms with Crippen LogP contribution in [0.5, 0.6) is 0 Å². The first-order valence-electron chi connectivity index (χ1n) is 12.9. The second-order valence-electron chi connectivity index (χ2n) is 4.53. The summed E-state index contributed by atoms with van der Waals surface area (Å²) in [6.45, 7) is 24.0. The van der Waals surface area contributed by atoms with Gasteiger partial charge in [0, 0.05) is 12.3 Å². The van der Waals surface area contributed by atoms with Gasteiger partial charge in [-0.3, -0.25) is 0 Å². The van der Waals surface area contributed by atoms with Crippen LogP contribution in [0.2, 0.25) is 0 Å². The summed E-state index contributed by atoms with van der Waals surface area (Å²) in [5.74, 6) is 0. The molecule has 6 aromatic rings. The Balaban J connectivity index is -0.000000376. The number of hydrogen-bond acceptors (Lipinski definition) is 7. The third-order valence-corrected chi connectivity index (χ3v) is 4.58. The molecule has 6 heterocycles. The zero-order chi connectivity index (χ0) is 28.2. The molecule has 2 N–H and O–H groups in total. The van der Waals surface area contributed by atoms with Gasteiger partial charge in [-0.25, -0.2) is 15.0 Å². The first kappa shape index (κ1) is 37.6. The summed E-state index contributed by atoms with van der Waals surface area (Å²) >= 11 is 3.08. The maximum atomic E-state index is 5.01. The van der Waals surface area contributed by atoms with Crippen LogP contribution < -0.4 is 0 Å². The Kier molecular flexibility index (Phi) is 29.6. The minimum atomic E-state index is 0.907. The molecule has 6 aromatic heterocycles. The van der Waals surface area contributed by atoms with Crippen molar-refractivity contribution in [1.29, 1.82) is 0 Å². The standard InChI is InChI=1S/C5H5N3.2C5H3NOS.6C2H6/c1-2-6-5-4(1)7-3-8-5;1-2-8-5-4(1)6-3-7-5;1-2-7-5-4(1)6-3-8-5;6*1-2/h1-3,6H,(H,7,8);2*1-3H;6*1-2H3. The molecule has 0 aliphatic rings. The highest BCUT2D eigenvalue weighted by Crippen LogP contribution is 2.18. The Labute approximate surface area is 225 Å². The van der Waals surface area contributed by atoms with Crippen LogP contribution >= 0.6 is 22.7 Å². The molecule has 0 aromatic carbocycles. The number of fused-ring (bicyclic) bond motifs is 3. The summed E-state index contributed by atoms with van der Waals surface area (Å²) in [7, 11) is 0. The van der Waals surface area contributed by atoms with Crippen LogP contribution in [0.1, 0.15) is 83.1 Å². The Morgan fingerprint density at radius 2 is 1.25 bits per heavy atom. The van der Waals surface area contributed by atoms with Crippen molar-refractivity contribution in [1.82, 2.24) is 24.9 Å². The predicted octanol–water partition coefficient (Wildman–Crippen LogP) is 10.8. The van der Waals surface area contributed by atoms with Crippen LogP contribution in [0, 0.1) is 0 Å². The van der Waals surface area contributed by atoms with Crippen LogP contribution in [-0.2, 0) is 0 Å². The number of rotatable bonds is 0. The van der Waals surface area contributed by atoms with Gasteiger partial charge in [-0.1, -0.05) is 94.4 Å². The van der Waals surface area contributed by atoms with E-state index in [2.05, 4.69) is 24.9 Å². The maximum Gasteiger partial charge on any atom is 0.208 e. The van der Waals surface area contributed by atoms with E-state index >= 15 is 0 Å². The first-order chi connectivity index (χ1) is 17.9. The lowest BCUT2D eigenvalue weighted by Crippen LogP contribution is -1.58. The highest BCUT2D eigenvalue weighted by molar-refractivity contribution is 7.16. The molecule has 0 spiro atoms. The first-order valence-corrected chi connectivity index (χ1v) is 14.7. The molecular formula is C27H47N5O2S2. The molecule has 0 saturated heterocycles. The van der Waals surface area contributed by atoms with Gasteiger partial charge in [0.25, 0.3) is 0 Å². The highest BCUT2D eigenvalue weighted by Gasteiger charge is 1.95. The van der Waals surface area contributed by atoms with Crippen LogP contribution in [0.3, 0.4) is 0 Å². The molecule has 0 bridgehead atoms. The average Bonchev–Trinajstić information content (AvgIpc) is 3.79. The molecule has 204 valence electrons. The number of aromatic nitrogens is 5. The topological polar surface area (TPSA) is 96.5 Å². The summed E-state index contributed by atoms with van der Waals surface area (Å²) < 4.78 is 9.98. The molecule has 7 nitrogen and oxygen atoms in total. The molecule has 0 aliphatic heterocycles. The fourth-order valence-electron chi connectivity index (χ4n) is 1.96. The van der Waals surface area contributed by atoms with Crippen molar-refractivity contribution in [2.45, 2.75) is 83.1 Å². The van der Waals surface area contributed by atoms with Gasteiger partial charge < -0.3 is 18.8 Å². The van der Waals surface area contributed by atoms with Crippen molar-refractivity contribution in [2.75, 3.05) is 0 Å². The van der Waals surface area contributed by atoms with E-state index in [4.69, 9.17) is 8.83 Å². The number of furan rings is 1. The minimum Gasteiger partial charge on any atom is -0.452 e. The van der Waals surface area contributed by atoms with Gasteiger partial charge in [0.1, 0.15) is 11.0 Å². The third kappa shape index (κ3) is 13.8. The van der Waals surface area contributed by atoms with Gasteiger partial charge in [0.2, 0.25) is 9.79 Å². The molecular weight excluding hydrogens is 490 g/mol. The zero-order valence-corrected chi connectivity index (χ0v) is 25.8. The number of nitrogens with one attached hydrogen (secondary N) is 2. The molecule has 9 heteroatoms. The van der Waals surface area contributed by atoms with Crippen molar-refractivity contribution in [3.05, 3.63) is 54.3 Å². The molecule has 0 aliphatic carbocycles. The van der Waals surface area contributed by atoms with Crippen molar-refractivity contribution >= 4 is 54.7 Å². The lowest BCUT2D eigenvalue weighted by molar-refractivity contribution is 0.609. The second kappa shape index (κ2) is 28.3. The quantitative estimate of drug-likeness (QED) is 0.201. The number of nitrogens with zero attached hydrogens (tertiary/aromatic N) is 3. The summed E-state index contributed by atoms with van der Waals surface area (Å²) in [5.41, 5.74) is 5.66. The maximum absolute atomic E-state index is 5.01. The monoisotopic (exact) mass is 537 g/mol. The molecule has 0 amide bonds. The normalized spacial score (nSPS) is 8.00. The highest BCUT2D eigenvalue weighted by atomic mass is 32.1. The average molecular weight is 538 g/mol. The number of thiophene rings is 1. The fraction of sp³-hybridized carbons (Fsp3) is 0.444.